The molecule has 0 saturated carbocycles. The van der Waals surface area contributed by atoms with Crippen LogP contribution >= 0.6 is 11.6 Å². The number of alkyl halides is 21. The third-order valence-corrected chi connectivity index (χ3v) is 3.50. The van der Waals surface area contributed by atoms with Crippen LogP contribution in [0.3, 0.4) is 0 Å². The predicted molar refractivity (Wildman–Crippen MR) is 57.5 cm³/mol. The van der Waals surface area contributed by atoms with Crippen LogP contribution in [0, 0.1) is 0 Å². The molecule has 0 bridgehead atoms. The van der Waals surface area contributed by atoms with Crippen molar-refractivity contribution in [3.05, 3.63) is 0 Å². The summed E-state index contributed by atoms with van der Waals surface area (Å²) in [4.78, 5) is 0. The lowest BCUT2D eigenvalue weighted by atomic mass is 9.91. The van der Waals surface area contributed by atoms with Crippen LogP contribution in [0.1, 0.15) is 0 Å². The van der Waals surface area contributed by atoms with Gasteiger partial charge in [0.1, 0.15) is 0 Å². The molecule has 1 atom stereocenters. The molecule has 0 N–H and O–H groups in total. The molecule has 32 heavy (non-hydrogen) atoms. The SMILES string of the molecule is FC(Cl)C(F)(F)C(F)(F)C(F)(F)C(F)(F)C(F)(F)C(F)(F)C(F)(F)OC(F)(F)C(F)(F)F. The van der Waals surface area contributed by atoms with Crippen molar-refractivity contribution in [3.63, 3.8) is 0 Å². The first-order valence-corrected chi connectivity index (χ1v) is 6.91. The van der Waals surface area contributed by atoms with Gasteiger partial charge < -0.3 is 0 Å². The van der Waals surface area contributed by atoms with Gasteiger partial charge in [-0.15, -0.1) is 0 Å². The summed E-state index contributed by atoms with van der Waals surface area (Å²) in [7, 11) is 0. The summed E-state index contributed by atoms with van der Waals surface area (Å²) >= 11 is 3.66. The Morgan fingerprint density at radius 3 is 1.00 bits per heavy atom. The standard InChI is InChI=1S/C10HClF20O/c11-1(12)2(13,14)3(15,16)4(17,18)5(19,20)6(21,22)7(23,24)9(28,29)32-10(30,31)8(25,26)27/h1H. The fraction of sp³-hybridized carbons (Fsp3) is 1.00. The van der Waals surface area contributed by atoms with Crippen LogP contribution in [-0.4, -0.2) is 59.6 Å². The molecule has 0 radical (unpaired) electrons. The predicted octanol–water partition coefficient (Wildman–Crippen LogP) is 7.10. The van der Waals surface area contributed by atoms with E-state index in [-0.39, 0.29) is 0 Å². The normalized spacial score (nSPS) is 17.5. The Bertz CT molecular complexity index is 676. The first-order chi connectivity index (χ1) is 13.4. The van der Waals surface area contributed by atoms with Crippen molar-refractivity contribution < 1.29 is 92.5 Å². The van der Waals surface area contributed by atoms with Gasteiger partial charge >= 0.3 is 53.9 Å². The molecule has 0 aromatic heterocycles. The van der Waals surface area contributed by atoms with Gasteiger partial charge in [-0.2, -0.15) is 83.4 Å². The van der Waals surface area contributed by atoms with Gasteiger partial charge in [-0.25, -0.2) is 9.13 Å². The molecule has 0 saturated heterocycles. The van der Waals surface area contributed by atoms with Gasteiger partial charge in [0.25, 0.3) is 0 Å². The van der Waals surface area contributed by atoms with Crippen LogP contribution in [0.4, 0.5) is 87.8 Å². The Kier molecular flexibility index (Phi) is 7.41. The molecule has 0 heterocycles. The van der Waals surface area contributed by atoms with E-state index in [0.717, 1.165) is 4.74 Å². The largest absolute Gasteiger partial charge is 0.483 e. The maximum absolute atomic E-state index is 13.2. The Hall–Kier alpha value is -1.15. The summed E-state index contributed by atoms with van der Waals surface area (Å²) in [5.74, 6) is -50.5. The molecule has 0 aromatic carbocycles. The zero-order valence-corrected chi connectivity index (χ0v) is 14.2. The smallest absolute Gasteiger partial charge is 0.243 e. The minimum absolute atomic E-state index is 1.02. The second-order valence-electron chi connectivity index (χ2n) is 5.43. The Balaban J connectivity index is 6.68. The van der Waals surface area contributed by atoms with E-state index in [2.05, 4.69) is 11.6 Å². The van der Waals surface area contributed by atoms with E-state index < -0.39 is 59.6 Å². The molecule has 0 aromatic rings. The quantitative estimate of drug-likeness (QED) is 0.219. The highest BCUT2D eigenvalue weighted by Gasteiger charge is 2.94. The van der Waals surface area contributed by atoms with Gasteiger partial charge in [0, 0.05) is 0 Å². The molecular formula is C10HClF20O. The van der Waals surface area contributed by atoms with Crippen LogP contribution in [0.5, 0.6) is 0 Å². The van der Waals surface area contributed by atoms with E-state index in [4.69, 9.17) is 0 Å². The molecule has 0 spiro atoms. The molecule has 0 aliphatic carbocycles. The first-order valence-electron chi connectivity index (χ1n) is 6.47. The van der Waals surface area contributed by atoms with Gasteiger partial charge in [-0.05, 0) is 0 Å². The zero-order chi connectivity index (χ0) is 26.8. The van der Waals surface area contributed by atoms with Gasteiger partial charge in [-0.1, -0.05) is 11.6 Å². The van der Waals surface area contributed by atoms with Gasteiger partial charge in [-0.3, -0.25) is 0 Å². The van der Waals surface area contributed by atoms with E-state index >= 15 is 0 Å². The van der Waals surface area contributed by atoms with Crippen molar-refractivity contribution in [3.8, 4) is 0 Å². The minimum atomic E-state index is -8.85. The monoisotopic (exact) mass is 552 g/mol. The third-order valence-electron chi connectivity index (χ3n) is 3.22. The maximum atomic E-state index is 13.2. The lowest BCUT2D eigenvalue weighted by Gasteiger charge is -2.42. The molecule has 1 unspecified atom stereocenters. The molecule has 22 heteroatoms. The van der Waals surface area contributed by atoms with Crippen LogP contribution in [0.2, 0.25) is 0 Å². The molecule has 0 aliphatic heterocycles. The fourth-order valence-electron chi connectivity index (χ4n) is 1.40. The summed E-state index contributed by atoms with van der Waals surface area (Å²) in [6.07, 6.45) is -23.2. The lowest BCUT2D eigenvalue weighted by molar-refractivity contribution is -0.517. The maximum Gasteiger partial charge on any atom is 0.483 e. The molecular weight excluding hydrogens is 552 g/mol. The summed E-state index contributed by atoms with van der Waals surface area (Å²) in [6, 6.07) is 0. The topological polar surface area (TPSA) is 9.23 Å². The highest BCUT2D eigenvalue weighted by atomic mass is 35.5. The molecule has 1 nitrogen and oxygen atoms in total. The van der Waals surface area contributed by atoms with Crippen LogP contribution in [-0.2, 0) is 4.74 Å². The van der Waals surface area contributed by atoms with E-state index in [1.807, 2.05) is 0 Å². The van der Waals surface area contributed by atoms with Crippen molar-refractivity contribution in [1.82, 2.24) is 0 Å². The number of ether oxygens (including phenoxy) is 1. The number of rotatable bonds is 9. The van der Waals surface area contributed by atoms with Crippen molar-refractivity contribution in [2.75, 3.05) is 0 Å². The van der Waals surface area contributed by atoms with Gasteiger partial charge in [0.05, 0.1) is 0 Å². The number of halogens is 21. The average Bonchev–Trinajstić information content (AvgIpc) is 2.51. The summed E-state index contributed by atoms with van der Waals surface area (Å²) in [5, 5.41) is 0. The minimum Gasteiger partial charge on any atom is -0.243 e. The Labute approximate surface area is 165 Å². The molecule has 0 rings (SSSR count). The first kappa shape index (κ1) is 30.8. The molecule has 0 fully saturated rings. The molecule has 0 aliphatic rings. The van der Waals surface area contributed by atoms with Crippen molar-refractivity contribution in [2.24, 2.45) is 0 Å². The number of hydrogen-bond donors (Lipinski definition) is 0. The van der Waals surface area contributed by atoms with E-state index in [1.54, 1.807) is 0 Å². The Morgan fingerprint density at radius 2 is 0.719 bits per heavy atom. The average molecular weight is 553 g/mol. The van der Waals surface area contributed by atoms with E-state index in [1.165, 1.54) is 0 Å². The third kappa shape index (κ3) is 4.10. The van der Waals surface area contributed by atoms with Crippen molar-refractivity contribution in [2.45, 2.75) is 59.6 Å². The van der Waals surface area contributed by atoms with Crippen LogP contribution in [0.15, 0.2) is 0 Å². The fourth-order valence-corrected chi connectivity index (χ4v) is 1.54. The van der Waals surface area contributed by atoms with Gasteiger partial charge in [0.15, 0.2) is 0 Å². The summed E-state index contributed by atoms with van der Waals surface area (Å²) < 4.78 is 255. The second-order valence-corrected chi connectivity index (χ2v) is 5.81. The zero-order valence-electron chi connectivity index (χ0n) is 13.4. The van der Waals surface area contributed by atoms with E-state index in [0.29, 0.717) is 0 Å². The highest BCUT2D eigenvalue weighted by Crippen LogP contribution is 2.63. The van der Waals surface area contributed by atoms with Crippen LogP contribution in [0.25, 0.3) is 0 Å². The van der Waals surface area contributed by atoms with E-state index in [9.17, 15) is 87.8 Å². The number of hydrogen-bond acceptors (Lipinski definition) is 1. The van der Waals surface area contributed by atoms with Crippen LogP contribution < -0.4 is 0 Å². The summed E-state index contributed by atoms with van der Waals surface area (Å²) in [5.41, 5.74) is -5.12. The lowest BCUT2D eigenvalue weighted by Crippen LogP contribution is -2.74. The van der Waals surface area contributed by atoms with Crippen molar-refractivity contribution in [1.29, 1.82) is 0 Å². The molecule has 0 amide bonds. The van der Waals surface area contributed by atoms with Gasteiger partial charge in [0.2, 0.25) is 5.63 Å². The van der Waals surface area contributed by atoms with Crippen molar-refractivity contribution >= 4 is 11.6 Å². The highest BCUT2D eigenvalue weighted by molar-refractivity contribution is 6.20. The summed E-state index contributed by atoms with van der Waals surface area (Å²) in [6.45, 7) is 0. The second kappa shape index (κ2) is 7.69. The molecule has 194 valence electrons. The Morgan fingerprint density at radius 1 is 0.438 bits per heavy atom.